The molecule has 0 saturated heterocycles. The highest BCUT2D eigenvalue weighted by Gasteiger charge is 2.15. The van der Waals surface area contributed by atoms with Crippen molar-refractivity contribution in [2.75, 3.05) is 6.54 Å². The first-order valence-electron chi connectivity index (χ1n) is 5.90. The van der Waals surface area contributed by atoms with Crippen LogP contribution in [0.4, 0.5) is 8.78 Å². The number of alkyl halides is 2. The van der Waals surface area contributed by atoms with Crippen molar-refractivity contribution in [3.8, 4) is 5.75 Å². The number of halogens is 4. The van der Waals surface area contributed by atoms with E-state index >= 15 is 0 Å². The number of ether oxygens (including phenoxy) is 1. The number of guanidine groups is 1. The summed E-state index contributed by atoms with van der Waals surface area (Å²) in [5.41, 5.74) is 6.83. The van der Waals surface area contributed by atoms with Gasteiger partial charge < -0.3 is 15.8 Å². The van der Waals surface area contributed by atoms with Crippen LogP contribution < -0.4 is 15.8 Å². The second-order valence-corrected chi connectivity index (χ2v) is 5.11. The van der Waals surface area contributed by atoms with Crippen LogP contribution >= 0.6 is 23.2 Å². The standard InChI is InChI=1S/C13H15Cl2F2N3O/c1-7(2)5-19-13(18)20-6-8-3-9(14)4-10(15)11(8)21-12(16)17/h3-4,12H,1,5-6H2,2H3,(H3,18,19,20). The Bertz CT molecular complexity index is 550. The summed E-state index contributed by atoms with van der Waals surface area (Å²) < 4.78 is 29.2. The van der Waals surface area contributed by atoms with Crippen LogP contribution in [-0.4, -0.2) is 19.1 Å². The van der Waals surface area contributed by atoms with Crippen molar-refractivity contribution in [2.45, 2.75) is 20.1 Å². The molecule has 1 aromatic carbocycles. The predicted octanol–water partition coefficient (Wildman–Crippen LogP) is 3.58. The molecule has 0 unspecified atom stereocenters. The lowest BCUT2D eigenvalue weighted by atomic mass is 10.2. The van der Waals surface area contributed by atoms with Crippen LogP contribution in [0, 0.1) is 0 Å². The highest BCUT2D eigenvalue weighted by molar-refractivity contribution is 6.35. The summed E-state index contributed by atoms with van der Waals surface area (Å²) in [4.78, 5) is 4.02. The maximum absolute atomic E-state index is 12.4. The summed E-state index contributed by atoms with van der Waals surface area (Å²) in [7, 11) is 0. The van der Waals surface area contributed by atoms with Crippen molar-refractivity contribution < 1.29 is 13.5 Å². The van der Waals surface area contributed by atoms with Gasteiger partial charge in [-0.15, -0.1) is 0 Å². The van der Waals surface area contributed by atoms with Gasteiger partial charge in [-0.3, -0.25) is 0 Å². The molecule has 4 nitrogen and oxygen atoms in total. The average Bonchev–Trinajstić information content (AvgIpc) is 2.37. The van der Waals surface area contributed by atoms with Gasteiger partial charge in [-0.05, 0) is 19.1 Å². The van der Waals surface area contributed by atoms with Gasteiger partial charge in [0, 0.05) is 17.1 Å². The zero-order valence-corrected chi connectivity index (χ0v) is 12.8. The molecule has 1 aromatic rings. The fourth-order valence-corrected chi connectivity index (χ4v) is 2.00. The molecule has 0 spiro atoms. The Morgan fingerprint density at radius 2 is 2.14 bits per heavy atom. The van der Waals surface area contributed by atoms with E-state index in [1.165, 1.54) is 12.1 Å². The molecule has 0 aliphatic heterocycles. The molecule has 21 heavy (non-hydrogen) atoms. The minimum absolute atomic E-state index is 0.00262. The molecule has 0 aromatic heterocycles. The number of hydrogen-bond donors (Lipinski definition) is 2. The van der Waals surface area contributed by atoms with Gasteiger partial charge in [-0.1, -0.05) is 35.4 Å². The van der Waals surface area contributed by atoms with Gasteiger partial charge in [0.2, 0.25) is 0 Å². The second kappa shape index (κ2) is 8.05. The van der Waals surface area contributed by atoms with Crippen molar-refractivity contribution in [3.63, 3.8) is 0 Å². The number of hydrogen-bond acceptors (Lipinski definition) is 2. The van der Waals surface area contributed by atoms with Crippen LogP contribution in [0.5, 0.6) is 5.75 Å². The van der Waals surface area contributed by atoms with Crippen molar-refractivity contribution >= 4 is 29.2 Å². The van der Waals surface area contributed by atoms with Crippen molar-refractivity contribution in [1.82, 2.24) is 5.32 Å². The van der Waals surface area contributed by atoms with E-state index in [4.69, 9.17) is 28.9 Å². The summed E-state index contributed by atoms with van der Waals surface area (Å²) >= 11 is 11.7. The normalized spacial score (nSPS) is 11.6. The molecule has 0 atom stereocenters. The van der Waals surface area contributed by atoms with Crippen LogP contribution in [0.25, 0.3) is 0 Å². The minimum atomic E-state index is -3.00. The number of rotatable bonds is 6. The fourth-order valence-electron chi connectivity index (χ4n) is 1.42. The van der Waals surface area contributed by atoms with Crippen LogP contribution in [0.3, 0.4) is 0 Å². The van der Waals surface area contributed by atoms with Crippen molar-refractivity contribution in [3.05, 3.63) is 39.9 Å². The molecule has 0 amide bonds. The van der Waals surface area contributed by atoms with E-state index in [1.807, 2.05) is 6.92 Å². The summed E-state index contributed by atoms with van der Waals surface area (Å²) in [6.45, 7) is 3.00. The summed E-state index contributed by atoms with van der Waals surface area (Å²) in [6.07, 6.45) is 0. The van der Waals surface area contributed by atoms with E-state index < -0.39 is 6.61 Å². The van der Waals surface area contributed by atoms with Crippen LogP contribution in [0.2, 0.25) is 10.0 Å². The largest absolute Gasteiger partial charge is 0.433 e. The van der Waals surface area contributed by atoms with E-state index in [0.29, 0.717) is 17.1 Å². The maximum Gasteiger partial charge on any atom is 0.387 e. The van der Waals surface area contributed by atoms with Gasteiger partial charge in [-0.2, -0.15) is 8.78 Å². The number of aliphatic imine (C=N–C) groups is 1. The highest BCUT2D eigenvalue weighted by Crippen LogP contribution is 2.34. The molecule has 0 aliphatic carbocycles. The number of nitrogens with two attached hydrogens (primary N) is 1. The summed E-state index contributed by atoms with van der Waals surface area (Å²) in [6, 6.07) is 2.76. The maximum atomic E-state index is 12.4. The number of benzene rings is 1. The molecule has 0 bridgehead atoms. The molecule has 0 heterocycles. The third-order valence-electron chi connectivity index (χ3n) is 2.28. The summed E-state index contributed by atoms with van der Waals surface area (Å²) in [5.74, 6) is -0.00962. The Hall–Kier alpha value is -1.53. The topological polar surface area (TPSA) is 59.6 Å². The van der Waals surface area contributed by atoms with Gasteiger partial charge in [0.05, 0.1) is 11.6 Å². The minimum Gasteiger partial charge on any atom is -0.433 e. The van der Waals surface area contributed by atoms with Crippen LogP contribution in [0.1, 0.15) is 12.5 Å². The van der Waals surface area contributed by atoms with Crippen molar-refractivity contribution in [1.29, 1.82) is 0 Å². The Labute approximate surface area is 131 Å². The Morgan fingerprint density at radius 1 is 1.48 bits per heavy atom. The monoisotopic (exact) mass is 337 g/mol. The lowest BCUT2D eigenvalue weighted by Crippen LogP contribution is -2.32. The third kappa shape index (κ3) is 6.18. The third-order valence-corrected chi connectivity index (χ3v) is 2.78. The molecule has 3 N–H and O–H groups in total. The average molecular weight is 338 g/mol. The molecule has 0 aliphatic rings. The Balaban J connectivity index is 2.90. The zero-order valence-electron chi connectivity index (χ0n) is 11.3. The van der Waals surface area contributed by atoms with Gasteiger partial charge in [0.15, 0.2) is 5.96 Å². The molecular weight excluding hydrogens is 323 g/mol. The predicted molar refractivity (Wildman–Crippen MR) is 81.2 cm³/mol. The van der Waals surface area contributed by atoms with E-state index in [0.717, 1.165) is 5.57 Å². The highest BCUT2D eigenvalue weighted by atomic mass is 35.5. The first-order valence-corrected chi connectivity index (χ1v) is 6.66. The second-order valence-electron chi connectivity index (χ2n) is 4.27. The van der Waals surface area contributed by atoms with Crippen LogP contribution in [-0.2, 0) is 6.54 Å². The molecule has 0 radical (unpaired) electrons. The Kier molecular flexibility index (Phi) is 6.71. The molecule has 8 heteroatoms. The van der Waals surface area contributed by atoms with Gasteiger partial charge in [0.25, 0.3) is 0 Å². The van der Waals surface area contributed by atoms with E-state index in [2.05, 4.69) is 21.6 Å². The van der Waals surface area contributed by atoms with Gasteiger partial charge in [0.1, 0.15) is 5.75 Å². The molecular formula is C13H15Cl2F2N3O. The summed E-state index contributed by atoms with van der Waals surface area (Å²) in [5, 5.41) is 3.09. The molecule has 116 valence electrons. The van der Waals surface area contributed by atoms with Crippen molar-refractivity contribution in [2.24, 2.45) is 10.7 Å². The number of nitrogens with one attached hydrogen (secondary N) is 1. The lowest BCUT2D eigenvalue weighted by Gasteiger charge is -2.12. The number of nitrogens with zero attached hydrogens (tertiary/aromatic N) is 1. The van der Waals surface area contributed by atoms with E-state index in [9.17, 15) is 8.78 Å². The Morgan fingerprint density at radius 3 is 2.71 bits per heavy atom. The fraction of sp³-hybridized carbons (Fsp3) is 0.308. The van der Waals surface area contributed by atoms with E-state index in [-0.39, 0.29) is 23.3 Å². The zero-order chi connectivity index (χ0) is 16.0. The first kappa shape index (κ1) is 17.5. The van der Waals surface area contributed by atoms with E-state index in [1.54, 1.807) is 0 Å². The first-order chi connectivity index (χ1) is 9.79. The molecule has 1 rings (SSSR count). The lowest BCUT2D eigenvalue weighted by molar-refractivity contribution is -0.0503. The smallest absolute Gasteiger partial charge is 0.387 e. The molecule has 0 fully saturated rings. The SMILES string of the molecule is C=C(C)CNC(N)=NCc1cc(Cl)cc(Cl)c1OC(F)F. The van der Waals surface area contributed by atoms with Crippen LogP contribution in [0.15, 0.2) is 29.3 Å². The van der Waals surface area contributed by atoms with Gasteiger partial charge in [-0.25, -0.2) is 4.99 Å². The molecule has 0 saturated carbocycles. The van der Waals surface area contributed by atoms with Gasteiger partial charge >= 0.3 is 6.61 Å². The quantitative estimate of drug-likeness (QED) is 0.474.